The van der Waals surface area contributed by atoms with Gasteiger partial charge in [0.2, 0.25) is 0 Å². The van der Waals surface area contributed by atoms with Gasteiger partial charge < -0.3 is 0 Å². The lowest BCUT2D eigenvalue weighted by Crippen LogP contribution is -1.96. The Balaban J connectivity index is 1.57. The second-order valence-corrected chi connectivity index (χ2v) is 3.99. The molecule has 0 spiro atoms. The molecule has 0 amide bonds. The number of piperidine rings is 1. The van der Waals surface area contributed by atoms with Gasteiger partial charge in [-0.2, -0.15) is 0 Å². The normalized spacial score (nSPS) is 45.6. The zero-order valence-corrected chi connectivity index (χ0v) is 6.34. The van der Waals surface area contributed by atoms with Gasteiger partial charge in [-0.25, -0.2) is 0 Å². The number of nitrogens with zero attached hydrogens (tertiary/aromatic N) is 1. The summed E-state index contributed by atoms with van der Waals surface area (Å²) in [5.41, 5.74) is 0. The van der Waals surface area contributed by atoms with E-state index in [2.05, 4.69) is 4.90 Å². The minimum absolute atomic E-state index is 0.973. The van der Waals surface area contributed by atoms with Gasteiger partial charge in [0.1, 0.15) is 0 Å². The summed E-state index contributed by atoms with van der Waals surface area (Å²) in [6.07, 6.45) is 7.43. The Labute approximate surface area is 62.4 Å². The SMILES string of the molecule is C1CC2[C](CC3CC3)N2C1. The molecular formula is C9H14N. The number of hydrogen-bond acceptors (Lipinski definition) is 1. The third-order valence-corrected chi connectivity index (χ3v) is 3.13. The van der Waals surface area contributed by atoms with E-state index in [1.807, 2.05) is 6.04 Å². The molecule has 2 saturated heterocycles. The Kier molecular flexibility index (Phi) is 0.984. The van der Waals surface area contributed by atoms with Crippen LogP contribution in [0.5, 0.6) is 0 Å². The van der Waals surface area contributed by atoms with Crippen molar-refractivity contribution < 1.29 is 0 Å². The molecule has 0 bridgehead atoms. The van der Waals surface area contributed by atoms with Gasteiger partial charge in [-0.3, -0.25) is 4.90 Å². The first-order valence-electron chi connectivity index (χ1n) is 4.57. The molecular weight excluding hydrogens is 122 g/mol. The van der Waals surface area contributed by atoms with Crippen LogP contribution < -0.4 is 0 Å². The maximum Gasteiger partial charge on any atom is 0.0570 e. The molecule has 3 fully saturated rings. The van der Waals surface area contributed by atoms with Crippen molar-refractivity contribution in [2.75, 3.05) is 6.54 Å². The smallest absolute Gasteiger partial charge is 0.0570 e. The number of fused-ring (bicyclic) bond motifs is 1. The van der Waals surface area contributed by atoms with Crippen LogP contribution in [-0.4, -0.2) is 17.5 Å². The maximum atomic E-state index is 2.62. The molecule has 3 aliphatic rings. The lowest BCUT2D eigenvalue weighted by Gasteiger charge is -1.98. The summed E-state index contributed by atoms with van der Waals surface area (Å²) in [6.45, 7) is 1.38. The largest absolute Gasteiger partial charge is 0.289 e. The Morgan fingerprint density at radius 3 is 2.80 bits per heavy atom. The highest BCUT2D eigenvalue weighted by molar-refractivity contribution is 5.22. The molecule has 0 aromatic heterocycles. The minimum atomic E-state index is 0.973. The molecule has 55 valence electrons. The second kappa shape index (κ2) is 1.76. The third-order valence-electron chi connectivity index (χ3n) is 3.13. The van der Waals surface area contributed by atoms with E-state index in [0.29, 0.717) is 0 Å². The molecule has 1 saturated carbocycles. The summed E-state index contributed by atoms with van der Waals surface area (Å²) in [6, 6.07) is 2.79. The fourth-order valence-corrected chi connectivity index (χ4v) is 2.28. The molecule has 2 aliphatic heterocycles. The zero-order valence-electron chi connectivity index (χ0n) is 6.34. The quantitative estimate of drug-likeness (QED) is 0.523. The van der Waals surface area contributed by atoms with Gasteiger partial charge in [-0.15, -0.1) is 0 Å². The molecule has 1 radical (unpaired) electrons. The van der Waals surface area contributed by atoms with Gasteiger partial charge in [0.05, 0.1) is 6.04 Å². The second-order valence-electron chi connectivity index (χ2n) is 3.99. The molecule has 2 heterocycles. The number of rotatable bonds is 2. The average molecular weight is 136 g/mol. The summed E-state index contributed by atoms with van der Waals surface area (Å²) in [5.74, 6) is 1.11. The lowest BCUT2D eigenvalue weighted by atomic mass is 10.1. The van der Waals surface area contributed by atoms with Gasteiger partial charge >= 0.3 is 0 Å². The van der Waals surface area contributed by atoms with Crippen LogP contribution in [0.2, 0.25) is 0 Å². The molecule has 1 nitrogen and oxygen atoms in total. The van der Waals surface area contributed by atoms with E-state index in [1.165, 1.54) is 38.6 Å². The highest BCUT2D eigenvalue weighted by atomic mass is 15.4. The van der Waals surface area contributed by atoms with Crippen molar-refractivity contribution in [2.24, 2.45) is 5.92 Å². The van der Waals surface area contributed by atoms with Gasteiger partial charge in [0, 0.05) is 6.04 Å². The Morgan fingerprint density at radius 1 is 1.30 bits per heavy atom. The van der Waals surface area contributed by atoms with Crippen LogP contribution in [-0.2, 0) is 0 Å². The van der Waals surface area contributed by atoms with Gasteiger partial charge in [-0.05, 0) is 31.7 Å². The van der Waals surface area contributed by atoms with Crippen LogP contribution in [0.15, 0.2) is 0 Å². The Hall–Kier alpha value is -0.0400. The Morgan fingerprint density at radius 2 is 2.20 bits per heavy atom. The molecule has 1 aliphatic carbocycles. The van der Waals surface area contributed by atoms with E-state index in [0.717, 1.165) is 12.0 Å². The number of hydrogen-bond donors (Lipinski definition) is 0. The average Bonchev–Trinajstić information content (AvgIpc) is 2.81. The lowest BCUT2D eigenvalue weighted by molar-refractivity contribution is 0.561. The van der Waals surface area contributed by atoms with Crippen LogP contribution in [0.4, 0.5) is 0 Å². The first-order chi connectivity index (χ1) is 4.95. The third kappa shape index (κ3) is 0.731. The van der Waals surface area contributed by atoms with Crippen molar-refractivity contribution in [2.45, 2.75) is 38.1 Å². The summed E-state index contributed by atoms with van der Waals surface area (Å²) in [4.78, 5) is 2.62. The van der Waals surface area contributed by atoms with Gasteiger partial charge in [0.15, 0.2) is 0 Å². The minimum Gasteiger partial charge on any atom is -0.289 e. The van der Waals surface area contributed by atoms with Crippen LogP contribution in [0.3, 0.4) is 0 Å². The summed E-state index contributed by atoms with van der Waals surface area (Å²) < 4.78 is 0. The monoisotopic (exact) mass is 136 g/mol. The van der Waals surface area contributed by atoms with E-state index in [-0.39, 0.29) is 0 Å². The fourth-order valence-electron chi connectivity index (χ4n) is 2.28. The summed E-state index contributed by atoms with van der Waals surface area (Å²) >= 11 is 0. The molecule has 2 atom stereocenters. The van der Waals surface area contributed by atoms with Crippen LogP contribution in [0, 0.1) is 12.0 Å². The first-order valence-corrected chi connectivity index (χ1v) is 4.57. The van der Waals surface area contributed by atoms with E-state index in [1.54, 1.807) is 0 Å². The zero-order chi connectivity index (χ0) is 6.55. The highest BCUT2D eigenvalue weighted by Crippen LogP contribution is 2.51. The van der Waals surface area contributed by atoms with Crippen molar-refractivity contribution in [3.05, 3.63) is 6.04 Å². The van der Waals surface area contributed by atoms with Gasteiger partial charge in [-0.1, -0.05) is 12.8 Å². The van der Waals surface area contributed by atoms with Crippen molar-refractivity contribution in [1.29, 1.82) is 0 Å². The van der Waals surface area contributed by atoms with Gasteiger partial charge in [0.25, 0.3) is 0 Å². The first kappa shape index (κ1) is 5.59. The van der Waals surface area contributed by atoms with Crippen molar-refractivity contribution in [3.8, 4) is 0 Å². The molecule has 2 unspecified atom stereocenters. The topological polar surface area (TPSA) is 3.01 Å². The summed E-state index contributed by atoms with van der Waals surface area (Å²) in [5, 5.41) is 0. The molecule has 0 aromatic rings. The molecule has 0 N–H and O–H groups in total. The highest BCUT2D eigenvalue weighted by Gasteiger charge is 2.52. The predicted molar refractivity (Wildman–Crippen MR) is 40.3 cm³/mol. The molecule has 1 heteroatoms. The van der Waals surface area contributed by atoms with Crippen molar-refractivity contribution >= 4 is 0 Å². The van der Waals surface area contributed by atoms with E-state index in [4.69, 9.17) is 0 Å². The fraction of sp³-hybridized carbons (Fsp3) is 0.889. The van der Waals surface area contributed by atoms with Crippen LogP contribution in [0.25, 0.3) is 0 Å². The van der Waals surface area contributed by atoms with E-state index >= 15 is 0 Å². The standard InChI is InChI=1S/C9H14N/c1-2-8-9(10(8)5-1)6-7-3-4-7/h7-8H,1-6H2. The van der Waals surface area contributed by atoms with Crippen LogP contribution >= 0.6 is 0 Å². The van der Waals surface area contributed by atoms with E-state index in [9.17, 15) is 0 Å². The predicted octanol–water partition coefficient (Wildman–Crippen LogP) is 1.80. The molecule has 0 aromatic carbocycles. The molecule has 10 heavy (non-hydrogen) atoms. The van der Waals surface area contributed by atoms with Crippen molar-refractivity contribution in [3.63, 3.8) is 0 Å². The summed E-state index contributed by atoms with van der Waals surface area (Å²) in [7, 11) is 0. The van der Waals surface area contributed by atoms with Crippen molar-refractivity contribution in [1.82, 2.24) is 4.90 Å². The molecule has 3 rings (SSSR count). The van der Waals surface area contributed by atoms with Crippen LogP contribution in [0.1, 0.15) is 32.1 Å². The Bertz CT molecular complexity index is 141. The maximum absolute atomic E-state index is 2.62. The van der Waals surface area contributed by atoms with E-state index < -0.39 is 0 Å².